The second-order valence-electron chi connectivity index (χ2n) is 5.35. The van der Waals surface area contributed by atoms with Gasteiger partial charge >= 0.3 is 0 Å². The van der Waals surface area contributed by atoms with Gasteiger partial charge in [0.1, 0.15) is 11.1 Å². The number of sulfonamides is 1. The van der Waals surface area contributed by atoms with E-state index in [1.54, 1.807) is 40.1 Å². The fourth-order valence-electron chi connectivity index (χ4n) is 2.34. The standard InChI is InChI=1S/C14H16N4O4S/c1-8-7-10-12(14(19)17(8)3)13(15-18(10)4)16-23(20,21)11-6-5-9(2)22-11/h5-7H,1-4H3,(H,15,16). The molecular formula is C14H16N4O4S. The molecule has 0 aliphatic carbocycles. The highest BCUT2D eigenvalue weighted by Crippen LogP contribution is 2.23. The first-order valence-corrected chi connectivity index (χ1v) is 8.31. The second-order valence-corrected chi connectivity index (χ2v) is 6.97. The van der Waals surface area contributed by atoms with Crippen LogP contribution in [0.2, 0.25) is 0 Å². The van der Waals surface area contributed by atoms with Crippen LogP contribution in [0.5, 0.6) is 0 Å². The van der Waals surface area contributed by atoms with Crippen molar-refractivity contribution < 1.29 is 12.8 Å². The highest BCUT2D eigenvalue weighted by atomic mass is 32.2. The van der Waals surface area contributed by atoms with Gasteiger partial charge in [0, 0.05) is 19.8 Å². The number of anilines is 1. The lowest BCUT2D eigenvalue weighted by Crippen LogP contribution is -2.20. The number of aryl methyl sites for hydroxylation is 3. The SMILES string of the molecule is Cc1ccc(S(=O)(=O)Nc2nn(C)c3cc(C)n(C)c(=O)c23)o1. The Hall–Kier alpha value is -2.55. The summed E-state index contributed by atoms with van der Waals surface area (Å²) in [5.41, 5.74) is 0.988. The molecule has 0 amide bonds. The van der Waals surface area contributed by atoms with Gasteiger partial charge in [-0.3, -0.25) is 14.2 Å². The molecule has 8 nitrogen and oxygen atoms in total. The summed E-state index contributed by atoms with van der Waals surface area (Å²) in [7, 11) is -0.679. The predicted octanol–water partition coefficient (Wildman–Crippen LogP) is 1.28. The van der Waals surface area contributed by atoms with Crippen molar-refractivity contribution in [1.82, 2.24) is 14.3 Å². The Morgan fingerprint density at radius 2 is 1.91 bits per heavy atom. The number of rotatable bonds is 3. The van der Waals surface area contributed by atoms with Crippen LogP contribution in [0.1, 0.15) is 11.5 Å². The lowest BCUT2D eigenvalue weighted by atomic mass is 10.2. The van der Waals surface area contributed by atoms with Gasteiger partial charge < -0.3 is 8.98 Å². The number of nitrogens with one attached hydrogen (secondary N) is 1. The van der Waals surface area contributed by atoms with Crippen molar-refractivity contribution in [2.24, 2.45) is 14.1 Å². The molecule has 0 bridgehead atoms. The van der Waals surface area contributed by atoms with E-state index in [-0.39, 0.29) is 21.9 Å². The van der Waals surface area contributed by atoms with Crippen LogP contribution < -0.4 is 10.3 Å². The molecule has 0 unspecified atom stereocenters. The van der Waals surface area contributed by atoms with E-state index >= 15 is 0 Å². The number of hydrogen-bond donors (Lipinski definition) is 1. The first-order chi connectivity index (χ1) is 10.7. The Morgan fingerprint density at radius 1 is 1.22 bits per heavy atom. The minimum absolute atomic E-state index is 0.0165. The van der Waals surface area contributed by atoms with Gasteiger partial charge in [-0.2, -0.15) is 13.5 Å². The minimum atomic E-state index is -3.95. The summed E-state index contributed by atoms with van der Waals surface area (Å²) >= 11 is 0. The van der Waals surface area contributed by atoms with Crippen molar-refractivity contribution >= 4 is 26.7 Å². The molecule has 0 saturated heterocycles. The Bertz CT molecular complexity index is 1070. The van der Waals surface area contributed by atoms with E-state index < -0.39 is 10.0 Å². The maximum Gasteiger partial charge on any atom is 0.296 e. The Balaban J connectivity index is 2.18. The quantitative estimate of drug-likeness (QED) is 0.777. The van der Waals surface area contributed by atoms with Crippen molar-refractivity contribution in [3.8, 4) is 0 Å². The monoisotopic (exact) mass is 336 g/mol. The van der Waals surface area contributed by atoms with E-state index in [1.165, 1.54) is 15.3 Å². The molecule has 9 heteroatoms. The van der Waals surface area contributed by atoms with E-state index in [9.17, 15) is 13.2 Å². The topological polar surface area (TPSA) is 99.1 Å². The lowest BCUT2D eigenvalue weighted by Gasteiger charge is -2.05. The highest BCUT2D eigenvalue weighted by molar-refractivity contribution is 7.92. The molecule has 1 N–H and O–H groups in total. The fourth-order valence-corrected chi connectivity index (χ4v) is 3.33. The molecule has 23 heavy (non-hydrogen) atoms. The normalized spacial score (nSPS) is 12.0. The van der Waals surface area contributed by atoms with E-state index in [0.29, 0.717) is 11.3 Å². The Labute approximate surface area is 132 Å². The van der Waals surface area contributed by atoms with Gasteiger partial charge in [0.2, 0.25) is 5.09 Å². The molecule has 0 fully saturated rings. The molecule has 0 saturated carbocycles. The second kappa shape index (κ2) is 4.98. The zero-order valence-electron chi connectivity index (χ0n) is 13.1. The molecule has 122 valence electrons. The summed E-state index contributed by atoms with van der Waals surface area (Å²) in [5.74, 6) is 0.458. The number of pyridine rings is 1. The summed E-state index contributed by atoms with van der Waals surface area (Å²) in [6.07, 6.45) is 0. The summed E-state index contributed by atoms with van der Waals surface area (Å²) < 4.78 is 35.1. The van der Waals surface area contributed by atoms with Crippen LogP contribution in [0.25, 0.3) is 10.9 Å². The zero-order chi connectivity index (χ0) is 16.9. The minimum Gasteiger partial charge on any atom is -0.448 e. The number of fused-ring (bicyclic) bond motifs is 1. The van der Waals surface area contributed by atoms with Gasteiger partial charge in [-0.1, -0.05) is 0 Å². The van der Waals surface area contributed by atoms with Crippen LogP contribution in [0.4, 0.5) is 5.82 Å². The molecule has 3 aromatic heterocycles. The summed E-state index contributed by atoms with van der Waals surface area (Å²) in [5, 5.41) is 4.11. The summed E-state index contributed by atoms with van der Waals surface area (Å²) in [4.78, 5) is 12.5. The molecule has 0 aromatic carbocycles. The van der Waals surface area contributed by atoms with Crippen LogP contribution in [-0.4, -0.2) is 22.8 Å². The molecule has 3 rings (SSSR count). The summed E-state index contributed by atoms with van der Waals surface area (Å²) in [6.45, 7) is 3.44. The largest absolute Gasteiger partial charge is 0.448 e. The molecule has 0 spiro atoms. The summed E-state index contributed by atoms with van der Waals surface area (Å²) in [6, 6.07) is 4.68. The van der Waals surface area contributed by atoms with Crippen LogP contribution in [0, 0.1) is 13.8 Å². The van der Waals surface area contributed by atoms with Gasteiger partial charge in [0.15, 0.2) is 5.82 Å². The molecule has 3 heterocycles. The Kier molecular flexibility index (Phi) is 3.33. The van der Waals surface area contributed by atoms with Gasteiger partial charge in [-0.25, -0.2) is 0 Å². The first-order valence-electron chi connectivity index (χ1n) is 6.83. The molecule has 0 aliphatic rings. The molecule has 3 aromatic rings. The lowest BCUT2D eigenvalue weighted by molar-refractivity contribution is 0.430. The third kappa shape index (κ3) is 2.42. The number of hydrogen-bond acceptors (Lipinski definition) is 5. The zero-order valence-corrected chi connectivity index (χ0v) is 13.9. The average molecular weight is 336 g/mol. The van der Waals surface area contributed by atoms with Gasteiger partial charge in [0.25, 0.3) is 15.6 Å². The van der Waals surface area contributed by atoms with Crippen molar-refractivity contribution in [3.05, 3.63) is 40.0 Å². The maximum atomic E-state index is 12.5. The highest BCUT2D eigenvalue weighted by Gasteiger charge is 2.23. The Morgan fingerprint density at radius 3 is 2.52 bits per heavy atom. The number of furan rings is 1. The van der Waals surface area contributed by atoms with Gasteiger partial charge in [0.05, 0.1) is 5.52 Å². The smallest absolute Gasteiger partial charge is 0.296 e. The van der Waals surface area contributed by atoms with Crippen molar-refractivity contribution in [2.75, 3.05) is 4.72 Å². The van der Waals surface area contributed by atoms with Crippen molar-refractivity contribution in [3.63, 3.8) is 0 Å². The van der Waals surface area contributed by atoms with Crippen molar-refractivity contribution in [2.45, 2.75) is 18.9 Å². The van der Waals surface area contributed by atoms with Gasteiger partial charge in [-0.05, 0) is 32.0 Å². The predicted molar refractivity (Wildman–Crippen MR) is 84.9 cm³/mol. The van der Waals surface area contributed by atoms with Gasteiger partial charge in [-0.15, -0.1) is 0 Å². The van der Waals surface area contributed by atoms with Crippen LogP contribution in [-0.2, 0) is 24.1 Å². The van der Waals surface area contributed by atoms with E-state index in [0.717, 1.165) is 5.69 Å². The first kappa shape index (κ1) is 15.3. The molecule has 0 atom stereocenters. The number of nitrogens with zero attached hydrogens (tertiary/aromatic N) is 3. The third-order valence-corrected chi connectivity index (χ3v) is 4.91. The fraction of sp³-hybridized carbons (Fsp3) is 0.286. The molecular weight excluding hydrogens is 320 g/mol. The average Bonchev–Trinajstić information content (AvgIpc) is 3.01. The van der Waals surface area contributed by atoms with E-state index in [2.05, 4.69) is 9.82 Å². The number of aromatic nitrogens is 3. The van der Waals surface area contributed by atoms with Crippen LogP contribution >= 0.6 is 0 Å². The third-order valence-electron chi connectivity index (χ3n) is 3.70. The van der Waals surface area contributed by atoms with E-state index in [4.69, 9.17) is 4.42 Å². The maximum absolute atomic E-state index is 12.5. The van der Waals surface area contributed by atoms with Crippen molar-refractivity contribution in [1.29, 1.82) is 0 Å². The van der Waals surface area contributed by atoms with E-state index in [1.807, 2.05) is 0 Å². The van der Waals surface area contributed by atoms with Crippen LogP contribution in [0.3, 0.4) is 0 Å². The molecule has 0 aliphatic heterocycles. The van der Waals surface area contributed by atoms with Crippen LogP contribution in [0.15, 0.2) is 32.5 Å². The molecule has 0 radical (unpaired) electrons.